The van der Waals surface area contributed by atoms with Crippen LogP contribution in [0.15, 0.2) is 17.5 Å². The fourth-order valence-corrected chi connectivity index (χ4v) is 4.63. The highest BCUT2D eigenvalue weighted by Gasteiger charge is 2.46. The second-order valence-electron chi connectivity index (χ2n) is 6.96. The van der Waals surface area contributed by atoms with Gasteiger partial charge in [-0.3, -0.25) is 4.79 Å². The van der Waals surface area contributed by atoms with E-state index in [1.807, 2.05) is 17.5 Å². The average Bonchev–Trinajstić information content (AvgIpc) is 2.99. The first-order valence-corrected chi connectivity index (χ1v) is 9.16. The molecule has 2 saturated carbocycles. The molecule has 2 fully saturated rings. The number of aliphatic hydroxyl groups is 1. The average molecular weight is 343 g/mol. The highest BCUT2D eigenvalue weighted by molar-refractivity contribution is 7.10. The quantitative estimate of drug-likeness (QED) is 0.852. The topological polar surface area (TPSA) is 49.3 Å². The molecule has 1 atom stereocenters. The SMILES string of the molecule is O=C(NC(c1cccs1)C1(CO)CCC1)C1CCC(F)(F)CC1. The summed E-state index contributed by atoms with van der Waals surface area (Å²) in [5.74, 6) is -3.10. The van der Waals surface area contributed by atoms with Crippen molar-refractivity contribution in [1.29, 1.82) is 0 Å². The highest BCUT2D eigenvalue weighted by atomic mass is 32.1. The van der Waals surface area contributed by atoms with E-state index in [0.717, 1.165) is 24.1 Å². The maximum Gasteiger partial charge on any atom is 0.248 e. The lowest BCUT2D eigenvalue weighted by Crippen LogP contribution is -2.49. The largest absolute Gasteiger partial charge is 0.396 e. The molecular weight excluding hydrogens is 320 g/mol. The molecule has 2 aliphatic carbocycles. The normalized spacial score (nSPS) is 24.7. The number of nitrogens with one attached hydrogen (secondary N) is 1. The summed E-state index contributed by atoms with van der Waals surface area (Å²) in [4.78, 5) is 13.6. The summed E-state index contributed by atoms with van der Waals surface area (Å²) < 4.78 is 26.5. The van der Waals surface area contributed by atoms with Gasteiger partial charge in [0.15, 0.2) is 0 Å². The molecule has 128 valence electrons. The number of rotatable bonds is 5. The van der Waals surface area contributed by atoms with Crippen LogP contribution in [0.5, 0.6) is 0 Å². The summed E-state index contributed by atoms with van der Waals surface area (Å²) in [5, 5.41) is 14.9. The van der Waals surface area contributed by atoms with Crippen molar-refractivity contribution >= 4 is 17.2 Å². The lowest BCUT2D eigenvalue weighted by Gasteiger charge is -2.46. The number of alkyl halides is 2. The van der Waals surface area contributed by atoms with Gasteiger partial charge in [-0.05, 0) is 37.1 Å². The fraction of sp³-hybridized carbons (Fsp3) is 0.706. The van der Waals surface area contributed by atoms with Crippen molar-refractivity contribution in [2.75, 3.05) is 6.61 Å². The van der Waals surface area contributed by atoms with E-state index < -0.39 is 5.92 Å². The van der Waals surface area contributed by atoms with Crippen molar-refractivity contribution in [3.63, 3.8) is 0 Å². The van der Waals surface area contributed by atoms with E-state index >= 15 is 0 Å². The maximum absolute atomic E-state index is 13.3. The first-order valence-electron chi connectivity index (χ1n) is 8.28. The lowest BCUT2D eigenvalue weighted by atomic mass is 9.64. The van der Waals surface area contributed by atoms with Gasteiger partial charge in [-0.25, -0.2) is 8.78 Å². The predicted molar refractivity (Wildman–Crippen MR) is 85.5 cm³/mol. The summed E-state index contributed by atoms with van der Waals surface area (Å²) >= 11 is 1.57. The van der Waals surface area contributed by atoms with Crippen LogP contribution < -0.4 is 5.32 Å². The van der Waals surface area contributed by atoms with Crippen molar-refractivity contribution in [2.24, 2.45) is 11.3 Å². The lowest BCUT2D eigenvalue weighted by molar-refractivity contribution is -0.132. The van der Waals surface area contributed by atoms with Crippen LogP contribution in [-0.2, 0) is 4.79 Å². The van der Waals surface area contributed by atoms with E-state index in [-0.39, 0.29) is 55.6 Å². The Bertz CT molecular complexity index is 527. The van der Waals surface area contributed by atoms with Crippen LogP contribution in [0.25, 0.3) is 0 Å². The van der Waals surface area contributed by atoms with Crippen LogP contribution >= 0.6 is 11.3 Å². The summed E-state index contributed by atoms with van der Waals surface area (Å²) in [6.45, 7) is 0.0403. The van der Waals surface area contributed by atoms with E-state index in [0.29, 0.717) is 0 Å². The molecule has 6 heteroatoms. The van der Waals surface area contributed by atoms with E-state index in [1.165, 1.54) is 0 Å². The Morgan fingerprint density at radius 3 is 2.52 bits per heavy atom. The van der Waals surface area contributed by atoms with E-state index in [9.17, 15) is 18.7 Å². The third-order valence-electron chi connectivity index (χ3n) is 5.48. The number of hydrogen-bond donors (Lipinski definition) is 2. The second-order valence-corrected chi connectivity index (χ2v) is 7.94. The molecule has 2 N–H and O–H groups in total. The molecule has 0 spiro atoms. The van der Waals surface area contributed by atoms with E-state index in [2.05, 4.69) is 5.32 Å². The summed E-state index contributed by atoms with van der Waals surface area (Å²) in [7, 11) is 0. The Kier molecular flexibility index (Phi) is 4.74. The minimum Gasteiger partial charge on any atom is -0.396 e. The molecule has 1 amide bonds. The summed E-state index contributed by atoms with van der Waals surface area (Å²) in [5.41, 5.74) is -0.293. The van der Waals surface area contributed by atoms with Gasteiger partial charge in [0.05, 0.1) is 12.6 Å². The molecule has 23 heavy (non-hydrogen) atoms. The summed E-state index contributed by atoms with van der Waals surface area (Å²) in [6, 6.07) is 3.70. The molecule has 3 nitrogen and oxygen atoms in total. The molecule has 0 aromatic carbocycles. The number of halogens is 2. The van der Waals surface area contributed by atoms with Gasteiger partial charge in [-0.1, -0.05) is 12.5 Å². The van der Waals surface area contributed by atoms with Crippen molar-refractivity contribution in [3.05, 3.63) is 22.4 Å². The Morgan fingerprint density at radius 1 is 1.35 bits per heavy atom. The molecule has 0 radical (unpaired) electrons. The molecule has 1 aromatic rings. The number of carbonyl (C=O) groups is 1. The van der Waals surface area contributed by atoms with E-state index in [1.54, 1.807) is 11.3 Å². The molecule has 0 aliphatic heterocycles. The van der Waals surface area contributed by atoms with Gasteiger partial charge >= 0.3 is 0 Å². The Balaban J connectivity index is 1.71. The number of aliphatic hydroxyl groups excluding tert-OH is 1. The van der Waals surface area contributed by atoms with Crippen LogP contribution in [0.1, 0.15) is 55.9 Å². The number of hydrogen-bond acceptors (Lipinski definition) is 3. The Hall–Kier alpha value is -1.01. The third-order valence-corrected chi connectivity index (χ3v) is 6.42. The van der Waals surface area contributed by atoms with Crippen molar-refractivity contribution in [2.45, 2.75) is 56.9 Å². The van der Waals surface area contributed by atoms with Gasteiger partial charge in [0, 0.05) is 29.1 Å². The van der Waals surface area contributed by atoms with Crippen molar-refractivity contribution in [1.82, 2.24) is 5.32 Å². The fourth-order valence-electron chi connectivity index (χ4n) is 3.71. The molecular formula is C17H23F2NO2S. The highest BCUT2D eigenvalue weighted by Crippen LogP contribution is 2.51. The van der Waals surface area contributed by atoms with Gasteiger partial charge in [0.2, 0.25) is 11.8 Å². The molecule has 1 aromatic heterocycles. The smallest absolute Gasteiger partial charge is 0.248 e. The monoisotopic (exact) mass is 343 g/mol. The second kappa shape index (κ2) is 6.48. The van der Waals surface area contributed by atoms with Gasteiger partial charge in [0.1, 0.15) is 0 Å². The molecule has 0 saturated heterocycles. The van der Waals surface area contributed by atoms with Crippen LogP contribution in [0, 0.1) is 11.3 Å². The van der Waals surface area contributed by atoms with E-state index in [4.69, 9.17) is 0 Å². The predicted octanol–water partition coefficient (Wildman–Crippen LogP) is 3.89. The van der Waals surface area contributed by atoms with Gasteiger partial charge < -0.3 is 10.4 Å². The summed E-state index contributed by atoms with van der Waals surface area (Å²) in [6.07, 6.45) is 2.88. The third kappa shape index (κ3) is 3.43. The number of thiophene rings is 1. The van der Waals surface area contributed by atoms with Gasteiger partial charge in [0.25, 0.3) is 0 Å². The zero-order chi connectivity index (χ0) is 16.5. The van der Waals surface area contributed by atoms with Crippen LogP contribution in [0.3, 0.4) is 0 Å². The first-order chi connectivity index (χ1) is 11.0. The van der Waals surface area contributed by atoms with Crippen LogP contribution in [0.2, 0.25) is 0 Å². The number of amides is 1. The molecule has 0 bridgehead atoms. The molecule has 1 heterocycles. The molecule has 3 rings (SSSR count). The minimum atomic E-state index is -2.62. The van der Waals surface area contributed by atoms with Crippen LogP contribution in [0.4, 0.5) is 8.78 Å². The standard InChI is InChI=1S/C17H23F2NO2S/c18-17(19)8-4-12(5-9-17)15(22)20-14(13-3-1-10-23-13)16(11-21)6-2-7-16/h1,3,10,12,14,21H,2,4-9,11H2,(H,20,22). The minimum absolute atomic E-state index is 0.0403. The Labute approximate surface area is 139 Å². The number of carbonyl (C=O) groups excluding carboxylic acids is 1. The molecule has 1 unspecified atom stereocenters. The maximum atomic E-state index is 13.3. The van der Waals surface area contributed by atoms with Crippen LogP contribution in [-0.4, -0.2) is 23.5 Å². The van der Waals surface area contributed by atoms with Gasteiger partial charge in [-0.15, -0.1) is 11.3 Å². The molecule has 2 aliphatic rings. The van der Waals surface area contributed by atoms with Gasteiger partial charge in [-0.2, -0.15) is 0 Å². The zero-order valence-corrected chi connectivity index (χ0v) is 13.9. The Morgan fingerprint density at radius 2 is 2.04 bits per heavy atom. The van der Waals surface area contributed by atoms with Crippen molar-refractivity contribution < 1.29 is 18.7 Å². The van der Waals surface area contributed by atoms with Crippen molar-refractivity contribution in [3.8, 4) is 0 Å². The first kappa shape index (κ1) is 16.8. The zero-order valence-electron chi connectivity index (χ0n) is 13.1.